The van der Waals surface area contributed by atoms with Crippen LogP contribution in [-0.2, 0) is 6.54 Å². The predicted molar refractivity (Wildman–Crippen MR) is 93.3 cm³/mol. The molecule has 0 bridgehead atoms. The molecule has 1 saturated carbocycles. The Hall–Kier alpha value is -2.05. The van der Waals surface area contributed by atoms with E-state index in [0.29, 0.717) is 11.1 Å². The first kappa shape index (κ1) is 18.7. The molecule has 0 amide bonds. The molecular weight excluding hydrogens is 343 g/mol. The highest BCUT2D eigenvalue weighted by Gasteiger charge is 2.36. The summed E-state index contributed by atoms with van der Waals surface area (Å²) in [6, 6.07) is 3.84. The van der Waals surface area contributed by atoms with Gasteiger partial charge in [0.2, 0.25) is 0 Å². The maximum absolute atomic E-state index is 14.2. The molecule has 1 fully saturated rings. The molecule has 2 heterocycles. The minimum Gasteiger partial charge on any atom is -0.269 e. The molecule has 4 nitrogen and oxygen atoms in total. The maximum atomic E-state index is 14.2. The van der Waals surface area contributed by atoms with Gasteiger partial charge in [-0.3, -0.25) is 8.96 Å². The van der Waals surface area contributed by atoms with E-state index in [2.05, 4.69) is 5.10 Å². The van der Waals surface area contributed by atoms with Crippen molar-refractivity contribution < 1.29 is 13.2 Å². The number of nitrogens with zero attached hydrogens (tertiary/aromatic N) is 3. The molecule has 2 aliphatic rings. The molecule has 2 atom stereocenters. The van der Waals surface area contributed by atoms with Crippen LogP contribution in [0.15, 0.2) is 23.0 Å². The Bertz CT molecular complexity index is 787. The van der Waals surface area contributed by atoms with Gasteiger partial charge >= 0.3 is 5.69 Å². The fraction of sp³-hybridized carbons (Fsp3) is 0.579. The molecule has 2 unspecified atom stereocenters. The molecule has 1 aromatic heterocycles. The van der Waals surface area contributed by atoms with Crippen LogP contribution in [0.2, 0.25) is 0 Å². The summed E-state index contributed by atoms with van der Waals surface area (Å²) in [6.45, 7) is 1.28. The van der Waals surface area contributed by atoms with Crippen molar-refractivity contribution in [2.24, 2.45) is 0 Å². The molecule has 0 radical (unpaired) electrons. The Labute approximate surface area is 150 Å². The van der Waals surface area contributed by atoms with Crippen molar-refractivity contribution in [1.29, 1.82) is 0 Å². The highest BCUT2D eigenvalue weighted by molar-refractivity contribution is 5.29. The number of aryl methyl sites for hydroxylation is 2. The number of aromatic nitrogens is 3. The number of hydrogen-bond donors (Lipinski definition) is 0. The molecule has 7 heteroatoms. The van der Waals surface area contributed by atoms with E-state index < -0.39 is 30.4 Å². The highest BCUT2D eigenvalue weighted by atomic mass is 19.1. The molecule has 0 N–H and O–H groups in total. The molecule has 4 rings (SSSR count). The lowest BCUT2D eigenvalue weighted by atomic mass is 10.0. The second kappa shape index (κ2) is 8.10. The predicted octanol–water partition coefficient (Wildman–Crippen LogP) is 4.42. The van der Waals surface area contributed by atoms with E-state index in [0.717, 1.165) is 4.68 Å². The van der Waals surface area contributed by atoms with Crippen LogP contribution in [0, 0.1) is 12.7 Å². The van der Waals surface area contributed by atoms with Crippen molar-refractivity contribution in [3.8, 4) is 0 Å². The van der Waals surface area contributed by atoms with Crippen molar-refractivity contribution in [3.63, 3.8) is 0 Å². The van der Waals surface area contributed by atoms with Gasteiger partial charge in [0.25, 0.3) is 0 Å². The van der Waals surface area contributed by atoms with Crippen LogP contribution in [0.1, 0.15) is 67.7 Å². The van der Waals surface area contributed by atoms with Gasteiger partial charge in [0.05, 0.1) is 12.7 Å². The number of halogens is 3. The Morgan fingerprint density at radius 3 is 2.46 bits per heavy atom. The monoisotopic (exact) mass is 367 g/mol. The fourth-order valence-electron chi connectivity index (χ4n) is 3.20. The van der Waals surface area contributed by atoms with Crippen molar-refractivity contribution in [1.82, 2.24) is 14.3 Å². The highest BCUT2D eigenvalue weighted by Crippen LogP contribution is 2.38. The van der Waals surface area contributed by atoms with Crippen molar-refractivity contribution in [2.75, 3.05) is 6.67 Å². The zero-order chi connectivity index (χ0) is 18.7. The normalized spacial score (nSPS) is 20.9. The minimum absolute atomic E-state index is 0.0378. The van der Waals surface area contributed by atoms with E-state index >= 15 is 0 Å². The van der Waals surface area contributed by atoms with Gasteiger partial charge < -0.3 is 0 Å². The van der Waals surface area contributed by atoms with Gasteiger partial charge in [-0.15, -0.1) is 0 Å². The summed E-state index contributed by atoms with van der Waals surface area (Å²) in [5.74, 6) is -0.382. The summed E-state index contributed by atoms with van der Waals surface area (Å²) in [5.41, 5.74) is 0.776. The molecule has 0 saturated heterocycles. The topological polar surface area (TPSA) is 39.8 Å². The Morgan fingerprint density at radius 1 is 1.19 bits per heavy atom. The molecule has 1 aromatic carbocycles. The first-order valence-electron chi connectivity index (χ1n) is 9.17. The molecule has 26 heavy (non-hydrogen) atoms. The standard InChI is InChI=1S/C15H16F3N3O.C4H8/c1-9-5-10(7-11(17)6-9)13-8-12(18)14-19-20(4-2-3-16)15(22)21(13)14;1-2-4-3-1/h5-7,12-13H,2-4,8H2,1H3;1-4H2. The first-order valence-corrected chi connectivity index (χ1v) is 9.17. The van der Waals surface area contributed by atoms with E-state index in [4.69, 9.17) is 0 Å². The quantitative estimate of drug-likeness (QED) is 0.803. The second-order valence-corrected chi connectivity index (χ2v) is 6.97. The van der Waals surface area contributed by atoms with Crippen LogP contribution in [-0.4, -0.2) is 21.0 Å². The lowest BCUT2D eigenvalue weighted by Crippen LogP contribution is -2.27. The van der Waals surface area contributed by atoms with Crippen LogP contribution < -0.4 is 5.69 Å². The average molecular weight is 367 g/mol. The van der Waals surface area contributed by atoms with E-state index in [1.54, 1.807) is 13.0 Å². The van der Waals surface area contributed by atoms with Gasteiger partial charge in [0.1, 0.15) is 5.82 Å². The van der Waals surface area contributed by atoms with Crippen molar-refractivity contribution >= 4 is 0 Å². The van der Waals surface area contributed by atoms with Crippen LogP contribution in [0.4, 0.5) is 13.2 Å². The van der Waals surface area contributed by atoms with E-state index in [1.165, 1.54) is 42.4 Å². The molecule has 1 aliphatic heterocycles. The Balaban J connectivity index is 0.000000433. The lowest BCUT2D eigenvalue weighted by molar-refractivity contribution is 0.320. The van der Waals surface area contributed by atoms with E-state index in [1.807, 2.05) is 0 Å². The van der Waals surface area contributed by atoms with Gasteiger partial charge in [-0.05, 0) is 36.6 Å². The summed E-state index contributed by atoms with van der Waals surface area (Å²) in [4.78, 5) is 12.3. The number of rotatable bonds is 4. The third-order valence-electron chi connectivity index (χ3n) is 4.87. The van der Waals surface area contributed by atoms with Crippen LogP contribution in [0.25, 0.3) is 0 Å². The number of benzene rings is 1. The van der Waals surface area contributed by atoms with Gasteiger partial charge in [-0.1, -0.05) is 31.7 Å². The lowest BCUT2D eigenvalue weighted by Gasteiger charge is -2.13. The number of alkyl halides is 2. The zero-order valence-corrected chi connectivity index (χ0v) is 14.9. The summed E-state index contributed by atoms with van der Waals surface area (Å²) >= 11 is 0. The van der Waals surface area contributed by atoms with Crippen molar-refractivity contribution in [3.05, 3.63) is 51.5 Å². The molecule has 142 valence electrons. The smallest absolute Gasteiger partial charge is 0.269 e. The maximum Gasteiger partial charge on any atom is 0.346 e. The summed E-state index contributed by atoms with van der Waals surface area (Å²) in [6.07, 6.45) is 4.83. The number of hydrogen-bond acceptors (Lipinski definition) is 2. The van der Waals surface area contributed by atoms with Gasteiger partial charge in [-0.2, -0.15) is 5.10 Å². The van der Waals surface area contributed by atoms with Crippen LogP contribution in [0.5, 0.6) is 0 Å². The summed E-state index contributed by atoms with van der Waals surface area (Å²) in [7, 11) is 0. The summed E-state index contributed by atoms with van der Waals surface area (Å²) in [5, 5.41) is 3.96. The number of fused-ring (bicyclic) bond motifs is 1. The molecule has 2 aromatic rings. The average Bonchev–Trinajstić information content (AvgIpc) is 3.01. The first-order chi connectivity index (χ1) is 12.5. The minimum atomic E-state index is -1.38. The van der Waals surface area contributed by atoms with Gasteiger partial charge in [0.15, 0.2) is 12.0 Å². The fourth-order valence-corrected chi connectivity index (χ4v) is 3.20. The van der Waals surface area contributed by atoms with E-state index in [-0.39, 0.29) is 25.2 Å². The zero-order valence-electron chi connectivity index (χ0n) is 14.9. The van der Waals surface area contributed by atoms with Crippen LogP contribution >= 0.6 is 0 Å². The second-order valence-electron chi connectivity index (χ2n) is 6.97. The van der Waals surface area contributed by atoms with Gasteiger partial charge in [0, 0.05) is 13.0 Å². The van der Waals surface area contributed by atoms with Crippen LogP contribution in [0.3, 0.4) is 0 Å². The largest absolute Gasteiger partial charge is 0.346 e. The SMILES string of the molecule is C1CCC1.Cc1cc(F)cc(C2CC(F)c3nn(CCCF)c(=O)n32)c1. The molecule has 1 aliphatic carbocycles. The summed E-state index contributed by atoms with van der Waals surface area (Å²) < 4.78 is 42.3. The molecule has 0 spiro atoms. The van der Waals surface area contributed by atoms with E-state index in [9.17, 15) is 18.0 Å². The Kier molecular flexibility index (Phi) is 5.84. The van der Waals surface area contributed by atoms with Crippen molar-refractivity contribution in [2.45, 2.75) is 64.2 Å². The van der Waals surface area contributed by atoms with Gasteiger partial charge in [-0.25, -0.2) is 18.3 Å². The Morgan fingerprint density at radius 2 is 1.88 bits per heavy atom. The third-order valence-corrected chi connectivity index (χ3v) is 4.87. The third kappa shape index (κ3) is 3.86. The molecular formula is C19H24F3N3O.